The van der Waals surface area contributed by atoms with Crippen molar-refractivity contribution in [3.8, 4) is 0 Å². The minimum absolute atomic E-state index is 1.11. The van der Waals surface area contributed by atoms with Gasteiger partial charge in [0.1, 0.15) is 0 Å². The second-order valence-corrected chi connectivity index (χ2v) is 4.54. The molecule has 0 saturated heterocycles. The standard InChI is InChI=1S/C3H8ClO4P/c1-3(4,8-2)9(5,6)7/h1-2H3,(H2,5,6,7). The van der Waals surface area contributed by atoms with E-state index in [1.807, 2.05) is 0 Å². The van der Waals surface area contributed by atoms with Gasteiger partial charge in [0, 0.05) is 7.11 Å². The van der Waals surface area contributed by atoms with E-state index in [4.69, 9.17) is 21.4 Å². The number of rotatable bonds is 2. The lowest BCUT2D eigenvalue weighted by atomic mass is 10.8. The third kappa shape index (κ3) is 2.24. The Labute approximate surface area is 57.9 Å². The van der Waals surface area contributed by atoms with Crippen molar-refractivity contribution in [2.75, 3.05) is 7.11 Å². The first kappa shape index (κ1) is 9.40. The Morgan fingerprint density at radius 2 is 2.00 bits per heavy atom. The first-order valence-electron chi connectivity index (χ1n) is 2.11. The van der Waals surface area contributed by atoms with Crippen molar-refractivity contribution < 1.29 is 19.1 Å². The predicted octanol–water partition coefficient (Wildman–Crippen LogP) is 0.723. The molecule has 0 rings (SSSR count). The summed E-state index contributed by atoms with van der Waals surface area (Å²) in [4.78, 5) is 14.9. The quantitative estimate of drug-likeness (QED) is 0.478. The minimum Gasteiger partial charge on any atom is -0.353 e. The maximum atomic E-state index is 10.3. The van der Waals surface area contributed by atoms with Crippen LogP contribution in [0, 0.1) is 0 Å². The van der Waals surface area contributed by atoms with Crippen LogP contribution < -0.4 is 0 Å². The van der Waals surface area contributed by atoms with Crippen molar-refractivity contribution in [2.24, 2.45) is 0 Å². The Kier molecular flexibility index (Phi) is 2.68. The average molecular weight is 175 g/mol. The minimum atomic E-state index is -4.33. The fourth-order valence-corrected chi connectivity index (χ4v) is 0.357. The second kappa shape index (κ2) is 2.56. The summed E-state index contributed by atoms with van der Waals surface area (Å²) in [6.45, 7) is 1.11. The summed E-state index contributed by atoms with van der Waals surface area (Å²) in [7, 11) is -3.19. The Hall–Kier alpha value is 0.400. The van der Waals surface area contributed by atoms with Gasteiger partial charge in [0.25, 0.3) is 0 Å². The van der Waals surface area contributed by atoms with Crippen LogP contribution >= 0.6 is 19.2 Å². The highest BCUT2D eigenvalue weighted by molar-refractivity contribution is 7.55. The van der Waals surface area contributed by atoms with Gasteiger partial charge in [0.2, 0.25) is 4.80 Å². The maximum absolute atomic E-state index is 10.3. The third-order valence-electron chi connectivity index (χ3n) is 0.893. The van der Waals surface area contributed by atoms with Crippen molar-refractivity contribution in [3.05, 3.63) is 0 Å². The van der Waals surface area contributed by atoms with Crippen LogP contribution in [-0.2, 0) is 9.30 Å². The predicted molar refractivity (Wildman–Crippen MR) is 33.3 cm³/mol. The molecule has 1 unspecified atom stereocenters. The van der Waals surface area contributed by atoms with Crippen molar-refractivity contribution >= 4 is 19.2 Å². The van der Waals surface area contributed by atoms with Gasteiger partial charge in [0.15, 0.2) is 0 Å². The lowest BCUT2D eigenvalue weighted by Gasteiger charge is -2.20. The van der Waals surface area contributed by atoms with Crippen molar-refractivity contribution in [2.45, 2.75) is 11.7 Å². The van der Waals surface area contributed by atoms with Crippen LogP contribution in [0.4, 0.5) is 0 Å². The van der Waals surface area contributed by atoms with Crippen LogP contribution in [0.3, 0.4) is 0 Å². The molecular weight excluding hydrogens is 166 g/mol. The number of alkyl halides is 1. The second-order valence-electron chi connectivity index (χ2n) is 1.62. The highest BCUT2D eigenvalue weighted by Gasteiger charge is 2.40. The first-order valence-corrected chi connectivity index (χ1v) is 4.10. The van der Waals surface area contributed by atoms with E-state index in [-0.39, 0.29) is 0 Å². The number of ether oxygens (including phenoxy) is 1. The largest absolute Gasteiger partial charge is 0.372 e. The molecule has 6 heteroatoms. The van der Waals surface area contributed by atoms with Gasteiger partial charge in [-0.1, -0.05) is 11.6 Å². The topological polar surface area (TPSA) is 66.8 Å². The number of hydrogen-bond acceptors (Lipinski definition) is 2. The lowest BCUT2D eigenvalue weighted by Crippen LogP contribution is -2.18. The average Bonchev–Trinajstić information content (AvgIpc) is 1.64. The van der Waals surface area contributed by atoms with E-state index in [0.29, 0.717) is 0 Å². The Morgan fingerprint density at radius 1 is 1.67 bits per heavy atom. The smallest absolute Gasteiger partial charge is 0.353 e. The van der Waals surface area contributed by atoms with Crippen LogP contribution in [0.1, 0.15) is 6.92 Å². The van der Waals surface area contributed by atoms with Crippen LogP contribution in [0.15, 0.2) is 0 Å². The zero-order valence-electron chi connectivity index (χ0n) is 5.04. The summed E-state index contributed by atoms with van der Waals surface area (Å²) in [5, 5.41) is 0. The van der Waals surface area contributed by atoms with E-state index in [2.05, 4.69) is 4.74 Å². The van der Waals surface area contributed by atoms with Gasteiger partial charge in [0.05, 0.1) is 0 Å². The molecule has 0 spiro atoms. The molecule has 9 heavy (non-hydrogen) atoms. The summed E-state index contributed by atoms with van der Waals surface area (Å²) in [6, 6.07) is 0. The molecule has 0 saturated carbocycles. The first-order chi connectivity index (χ1) is 3.81. The summed E-state index contributed by atoms with van der Waals surface area (Å²) < 4.78 is 14.6. The molecule has 0 aromatic heterocycles. The van der Waals surface area contributed by atoms with Gasteiger partial charge in [-0.15, -0.1) is 0 Å². The molecule has 2 N–H and O–H groups in total. The molecule has 0 aromatic carbocycles. The maximum Gasteiger partial charge on any atom is 0.372 e. The van der Waals surface area contributed by atoms with E-state index >= 15 is 0 Å². The molecule has 0 aromatic rings. The third-order valence-corrected chi connectivity index (χ3v) is 2.93. The molecule has 0 aliphatic carbocycles. The van der Waals surface area contributed by atoms with Gasteiger partial charge < -0.3 is 14.5 Å². The molecule has 0 amide bonds. The normalized spacial score (nSPS) is 19.2. The van der Waals surface area contributed by atoms with E-state index in [9.17, 15) is 4.57 Å². The van der Waals surface area contributed by atoms with E-state index in [0.717, 1.165) is 14.0 Å². The van der Waals surface area contributed by atoms with Gasteiger partial charge in [-0.3, -0.25) is 4.57 Å². The molecule has 0 aliphatic heterocycles. The fourth-order valence-electron chi connectivity index (χ4n) is 0.119. The zero-order chi connectivity index (χ0) is 7.71. The Balaban J connectivity index is 4.34. The van der Waals surface area contributed by atoms with Crippen molar-refractivity contribution in [1.29, 1.82) is 0 Å². The Morgan fingerprint density at radius 3 is 2.00 bits per heavy atom. The van der Waals surface area contributed by atoms with Crippen LogP contribution in [0.5, 0.6) is 0 Å². The highest BCUT2D eigenvalue weighted by atomic mass is 35.5. The van der Waals surface area contributed by atoms with Gasteiger partial charge in [-0.05, 0) is 6.92 Å². The van der Waals surface area contributed by atoms with Crippen molar-refractivity contribution in [3.63, 3.8) is 0 Å². The highest BCUT2D eigenvalue weighted by Crippen LogP contribution is 2.53. The molecule has 0 radical (unpaired) electrons. The zero-order valence-corrected chi connectivity index (χ0v) is 6.69. The summed E-state index contributed by atoms with van der Waals surface area (Å²) in [5.41, 5.74) is 0. The fraction of sp³-hybridized carbons (Fsp3) is 1.00. The SMILES string of the molecule is COC(C)(Cl)P(=O)(O)O. The van der Waals surface area contributed by atoms with Crippen LogP contribution in [0.25, 0.3) is 0 Å². The van der Waals surface area contributed by atoms with Crippen LogP contribution in [-0.4, -0.2) is 21.7 Å². The summed E-state index contributed by atoms with van der Waals surface area (Å²) in [6.07, 6.45) is 0. The lowest BCUT2D eigenvalue weighted by molar-refractivity contribution is 0.117. The number of hydrogen-bond donors (Lipinski definition) is 2. The van der Waals surface area contributed by atoms with E-state index in [1.54, 1.807) is 0 Å². The summed E-state index contributed by atoms with van der Waals surface area (Å²) in [5.74, 6) is 0. The molecule has 0 aliphatic rings. The molecule has 56 valence electrons. The van der Waals surface area contributed by atoms with Gasteiger partial charge in [-0.25, -0.2) is 0 Å². The van der Waals surface area contributed by atoms with Gasteiger partial charge >= 0.3 is 7.60 Å². The van der Waals surface area contributed by atoms with E-state index in [1.165, 1.54) is 0 Å². The number of halogens is 1. The molecule has 0 heterocycles. The van der Waals surface area contributed by atoms with Crippen molar-refractivity contribution in [1.82, 2.24) is 0 Å². The molecule has 0 bridgehead atoms. The Bertz CT molecular complexity index is 139. The monoisotopic (exact) mass is 174 g/mol. The van der Waals surface area contributed by atoms with Crippen LogP contribution in [0.2, 0.25) is 0 Å². The molecule has 4 nitrogen and oxygen atoms in total. The number of methoxy groups -OCH3 is 1. The van der Waals surface area contributed by atoms with E-state index < -0.39 is 12.4 Å². The van der Waals surface area contributed by atoms with Gasteiger partial charge in [-0.2, -0.15) is 0 Å². The molecule has 1 atom stereocenters. The molecular formula is C3H8ClO4P. The molecule has 0 fully saturated rings. The summed E-state index contributed by atoms with van der Waals surface area (Å²) >= 11 is 5.21.